The van der Waals surface area contributed by atoms with Crippen molar-refractivity contribution in [3.8, 4) is 0 Å². The lowest BCUT2D eigenvalue weighted by Gasteiger charge is -2.39. The van der Waals surface area contributed by atoms with Gasteiger partial charge < -0.3 is 0 Å². The molecule has 0 bridgehead atoms. The van der Waals surface area contributed by atoms with Crippen LogP contribution < -0.4 is 4.90 Å². The summed E-state index contributed by atoms with van der Waals surface area (Å²) in [6.45, 7) is 4.11. The standard InChI is InChI=1S/C22H23ClN4O/c1-15(2)12-21(28)26-19(16-6-4-3-5-7-16)13-20(27-22(26)24-14-25-27)17-8-10-18(23)11-9-17/h3-11,14-15,19-20H,12-13H2,1-2H3/t19-,20+/m0/s1. The number of amides is 1. The zero-order chi connectivity index (χ0) is 19.7. The minimum atomic E-state index is -0.0928. The molecule has 0 saturated carbocycles. The number of halogens is 1. The average Bonchev–Trinajstić information content (AvgIpc) is 3.17. The van der Waals surface area contributed by atoms with Crippen molar-refractivity contribution in [1.82, 2.24) is 14.8 Å². The summed E-state index contributed by atoms with van der Waals surface area (Å²) in [5.74, 6) is 0.952. The summed E-state index contributed by atoms with van der Waals surface area (Å²) in [6.07, 6.45) is 2.73. The smallest absolute Gasteiger partial charge is 0.231 e. The molecule has 0 radical (unpaired) electrons. The second-order valence-electron chi connectivity index (χ2n) is 7.60. The molecule has 1 aromatic heterocycles. The predicted molar refractivity (Wildman–Crippen MR) is 110 cm³/mol. The van der Waals surface area contributed by atoms with Gasteiger partial charge in [0.25, 0.3) is 0 Å². The van der Waals surface area contributed by atoms with Crippen molar-refractivity contribution < 1.29 is 4.79 Å². The minimum absolute atomic E-state index is 0.0110. The summed E-state index contributed by atoms with van der Waals surface area (Å²) in [5.41, 5.74) is 2.21. The summed E-state index contributed by atoms with van der Waals surface area (Å²) in [7, 11) is 0. The van der Waals surface area contributed by atoms with Gasteiger partial charge in [-0.1, -0.05) is 67.9 Å². The van der Waals surface area contributed by atoms with E-state index in [9.17, 15) is 4.79 Å². The molecule has 2 heterocycles. The van der Waals surface area contributed by atoms with Crippen LogP contribution >= 0.6 is 11.6 Å². The molecule has 2 aromatic carbocycles. The van der Waals surface area contributed by atoms with E-state index in [0.29, 0.717) is 17.4 Å². The van der Waals surface area contributed by atoms with E-state index in [4.69, 9.17) is 11.6 Å². The van der Waals surface area contributed by atoms with Crippen LogP contribution in [0.2, 0.25) is 5.02 Å². The van der Waals surface area contributed by atoms with Crippen molar-refractivity contribution in [3.05, 3.63) is 77.1 Å². The van der Waals surface area contributed by atoms with Gasteiger partial charge in [-0.05, 0) is 35.6 Å². The molecule has 6 heteroatoms. The van der Waals surface area contributed by atoms with Crippen LogP contribution in [-0.2, 0) is 4.79 Å². The van der Waals surface area contributed by atoms with Gasteiger partial charge in [0.2, 0.25) is 11.9 Å². The highest BCUT2D eigenvalue weighted by Gasteiger charge is 2.39. The van der Waals surface area contributed by atoms with Crippen molar-refractivity contribution >= 4 is 23.5 Å². The Bertz CT molecular complexity index is 952. The summed E-state index contributed by atoms with van der Waals surface area (Å²) in [4.78, 5) is 19.5. The number of anilines is 1. The summed E-state index contributed by atoms with van der Waals surface area (Å²) >= 11 is 6.08. The number of fused-ring (bicyclic) bond motifs is 1. The van der Waals surface area contributed by atoms with Gasteiger partial charge in [-0.25, -0.2) is 4.68 Å². The van der Waals surface area contributed by atoms with E-state index in [-0.39, 0.29) is 23.9 Å². The molecule has 1 aliphatic rings. The van der Waals surface area contributed by atoms with Gasteiger partial charge in [0.15, 0.2) is 0 Å². The lowest BCUT2D eigenvalue weighted by atomic mass is 9.91. The van der Waals surface area contributed by atoms with Gasteiger partial charge in [-0.2, -0.15) is 10.1 Å². The maximum Gasteiger partial charge on any atom is 0.231 e. The molecule has 0 unspecified atom stereocenters. The fourth-order valence-corrected chi connectivity index (χ4v) is 3.97. The second kappa shape index (κ2) is 7.76. The van der Waals surface area contributed by atoms with Crippen LogP contribution in [0.5, 0.6) is 0 Å². The Kier molecular flexibility index (Phi) is 5.18. The van der Waals surface area contributed by atoms with Crippen LogP contribution in [0, 0.1) is 5.92 Å². The summed E-state index contributed by atoms with van der Waals surface area (Å²) in [6, 6.07) is 17.9. The molecule has 1 aliphatic heterocycles. The van der Waals surface area contributed by atoms with Crippen LogP contribution in [0.15, 0.2) is 60.9 Å². The molecule has 0 spiro atoms. The predicted octanol–water partition coefficient (Wildman–Crippen LogP) is 5.05. The zero-order valence-corrected chi connectivity index (χ0v) is 16.8. The topological polar surface area (TPSA) is 51.0 Å². The van der Waals surface area contributed by atoms with Gasteiger partial charge in [0, 0.05) is 11.4 Å². The summed E-state index contributed by atoms with van der Waals surface area (Å²) < 4.78 is 1.86. The van der Waals surface area contributed by atoms with Crippen molar-refractivity contribution in [3.63, 3.8) is 0 Å². The molecule has 144 valence electrons. The molecule has 4 rings (SSSR count). The Morgan fingerprint density at radius 3 is 2.43 bits per heavy atom. The first-order valence-corrected chi connectivity index (χ1v) is 9.94. The van der Waals surface area contributed by atoms with Crippen LogP contribution in [0.4, 0.5) is 5.95 Å². The fourth-order valence-electron chi connectivity index (χ4n) is 3.85. The highest BCUT2D eigenvalue weighted by Crippen LogP contribution is 2.42. The highest BCUT2D eigenvalue weighted by atomic mass is 35.5. The average molecular weight is 395 g/mol. The number of benzene rings is 2. The number of carbonyl (C=O) groups is 1. The molecular formula is C22H23ClN4O. The van der Waals surface area contributed by atoms with E-state index < -0.39 is 0 Å². The number of rotatable bonds is 4. The lowest BCUT2D eigenvalue weighted by molar-refractivity contribution is -0.120. The molecule has 5 nitrogen and oxygen atoms in total. The Balaban J connectivity index is 1.81. The van der Waals surface area contributed by atoms with Gasteiger partial charge in [0.05, 0.1) is 12.1 Å². The normalized spacial score (nSPS) is 18.9. The van der Waals surface area contributed by atoms with E-state index in [1.165, 1.54) is 6.33 Å². The Labute approximate surface area is 170 Å². The minimum Gasteiger partial charge on any atom is -0.274 e. The van der Waals surface area contributed by atoms with Crippen LogP contribution in [-0.4, -0.2) is 20.7 Å². The van der Waals surface area contributed by atoms with Gasteiger partial charge in [-0.3, -0.25) is 9.69 Å². The largest absolute Gasteiger partial charge is 0.274 e. The number of carbonyl (C=O) groups excluding carboxylic acids is 1. The first-order valence-electron chi connectivity index (χ1n) is 9.56. The molecule has 0 saturated heterocycles. The SMILES string of the molecule is CC(C)CC(=O)N1c2ncnn2[C@@H](c2ccc(Cl)cc2)C[C@H]1c1ccccc1. The second-order valence-corrected chi connectivity index (χ2v) is 8.03. The monoisotopic (exact) mass is 394 g/mol. The number of hydrogen-bond acceptors (Lipinski definition) is 3. The van der Waals surface area contributed by atoms with E-state index in [2.05, 4.69) is 36.1 Å². The third kappa shape index (κ3) is 3.54. The van der Waals surface area contributed by atoms with Crippen LogP contribution in [0.3, 0.4) is 0 Å². The molecule has 28 heavy (non-hydrogen) atoms. The molecule has 3 aromatic rings. The van der Waals surface area contributed by atoms with Crippen molar-refractivity contribution in [2.24, 2.45) is 5.92 Å². The molecule has 2 atom stereocenters. The Morgan fingerprint density at radius 1 is 1.07 bits per heavy atom. The molecule has 0 fully saturated rings. The first-order chi connectivity index (χ1) is 13.5. The third-order valence-corrected chi connectivity index (χ3v) is 5.37. The van der Waals surface area contributed by atoms with Gasteiger partial charge in [0.1, 0.15) is 6.33 Å². The molecular weight excluding hydrogens is 372 g/mol. The van der Waals surface area contributed by atoms with Crippen molar-refractivity contribution in [2.45, 2.75) is 38.8 Å². The van der Waals surface area contributed by atoms with E-state index in [1.54, 1.807) is 0 Å². The van der Waals surface area contributed by atoms with Crippen molar-refractivity contribution in [2.75, 3.05) is 4.90 Å². The number of hydrogen-bond donors (Lipinski definition) is 0. The van der Waals surface area contributed by atoms with E-state index in [1.807, 2.05) is 52.0 Å². The maximum absolute atomic E-state index is 13.2. The Hall–Kier alpha value is -2.66. The first kappa shape index (κ1) is 18.7. The number of aromatic nitrogens is 3. The quantitative estimate of drug-likeness (QED) is 0.622. The molecule has 1 amide bonds. The third-order valence-electron chi connectivity index (χ3n) is 5.11. The van der Waals surface area contributed by atoms with Gasteiger partial charge in [-0.15, -0.1) is 0 Å². The summed E-state index contributed by atoms with van der Waals surface area (Å²) in [5, 5.41) is 5.16. The van der Waals surface area contributed by atoms with E-state index >= 15 is 0 Å². The molecule has 0 aliphatic carbocycles. The van der Waals surface area contributed by atoms with Gasteiger partial charge >= 0.3 is 0 Å². The van der Waals surface area contributed by atoms with Crippen molar-refractivity contribution in [1.29, 1.82) is 0 Å². The van der Waals surface area contributed by atoms with E-state index in [0.717, 1.165) is 17.5 Å². The lowest BCUT2D eigenvalue weighted by Crippen LogP contribution is -2.43. The maximum atomic E-state index is 13.2. The Morgan fingerprint density at radius 2 is 1.75 bits per heavy atom. The van der Waals surface area contributed by atoms with Crippen LogP contribution in [0.1, 0.15) is 49.9 Å². The highest BCUT2D eigenvalue weighted by molar-refractivity contribution is 6.30. The number of nitrogens with zero attached hydrogens (tertiary/aromatic N) is 4. The molecule has 0 N–H and O–H groups in total. The van der Waals surface area contributed by atoms with Crippen LogP contribution in [0.25, 0.3) is 0 Å². The zero-order valence-electron chi connectivity index (χ0n) is 16.0. The fraction of sp³-hybridized carbons (Fsp3) is 0.318.